The number of phenols is 1. The Morgan fingerprint density at radius 2 is 1.56 bits per heavy atom. The average Bonchev–Trinajstić information content (AvgIpc) is 2.88. The van der Waals surface area contributed by atoms with Crippen LogP contribution in [0.5, 0.6) is 23.0 Å². The molecule has 3 aromatic rings. The van der Waals surface area contributed by atoms with E-state index >= 15 is 0 Å². The molecule has 0 spiro atoms. The van der Waals surface area contributed by atoms with E-state index in [0.717, 1.165) is 53.9 Å². The maximum Gasteiger partial charge on any atom is 0.131 e. The first-order valence-electron chi connectivity index (χ1n) is 11.1. The molecule has 0 aliphatic carbocycles. The fourth-order valence-corrected chi connectivity index (χ4v) is 4.43. The van der Waals surface area contributed by atoms with Gasteiger partial charge in [0, 0.05) is 24.2 Å². The molecule has 0 atom stereocenters. The molecule has 1 heterocycles. The van der Waals surface area contributed by atoms with Gasteiger partial charge in [-0.15, -0.1) is 0 Å². The topological polar surface area (TPSA) is 51.2 Å². The van der Waals surface area contributed by atoms with Crippen molar-refractivity contribution in [2.24, 2.45) is 0 Å². The fraction of sp³-hybridized carbons (Fsp3) is 0.333. The van der Waals surface area contributed by atoms with Gasteiger partial charge in [-0.2, -0.15) is 0 Å². The molecule has 168 valence electrons. The summed E-state index contributed by atoms with van der Waals surface area (Å²) in [6, 6.07) is 15.9. The standard InChI is InChI=1S/C27H31NO4/c1-5-32-24-8-6-7-23(31-4)26(24)21-12-10-19-14-16-28(2)15-13-18-9-11-20(30-3)17-22(18)25(19)27(21)29/h6-12,17,29H,5,13-16H2,1-4H3. The minimum atomic E-state index is 0.243. The van der Waals surface area contributed by atoms with Crippen molar-refractivity contribution in [3.63, 3.8) is 0 Å². The van der Waals surface area contributed by atoms with E-state index in [1.165, 1.54) is 5.56 Å². The molecule has 0 amide bonds. The highest BCUT2D eigenvalue weighted by molar-refractivity contribution is 5.89. The lowest BCUT2D eigenvalue weighted by atomic mass is 9.88. The lowest BCUT2D eigenvalue weighted by molar-refractivity contribution is 0.338. The molecule has 0 saturated heterocycles. The molecule has 3 aromatic carbocycles. The highest BCUT2D eigenvalue weighted by Gasteiger charge is 2.24. The van der Waals surface area contributed by atoms with Crippen LogP contribution in [0, 0.1) is 0 Å². The van der Waals surface area contributed by atoms with Crippen molar-refractivity contribution < 1.29 is 19.3 Å². The van der Waals surface area contributed by atoms with Gasteiger partial charge in [-0.25, -0.2) is 0 Å². The Hall–Kier alpha value is -3.18. The van der Waals surface area contributed by atoms with Crippen LogP contribution in [0.2, 0.25) is 0 Å². The number of ether oxygens (including phenoxy) is 3. The first-order chi connectivity index (χ1) is 15.6. The first-order valence-corrected chi connectivity index (χ1v) is 11.1. The first kappa shape index (κ1) is 22.0. The number of likely N-dealkylation sites (N-methyl/N-ethyl adjacent to an activating group) is 1. The Balaban J connectivity index is 2.00. The third kappa shape index (κ3) is 4.13. The van der Waals surface area contributed by atoms with Crippen LogP contribution in [0.4, 0.5) is 0 Å². The van der Waals surface area contributed by atoms with Crippen molar-refractivity contribution in [3.8, 4) is 45.3 Å². The lowest BCUT2D eigenvalue weighted by Gasteiger charge is -2.20. The maximum absolute atomic E-state index is 11.7. The van der Waals surface area contributed by atoms with Gasteiger partial charge in [-0.05, 0) is 67.8 Å². The SMILES string of the molecule is CCOc1cccc(OC)c1-c1ccc2c(c1O)-c1cc(OC)ccc1CCN(C)CC2. The molecular weight excluding hydrogens is 402 g/mol. The summed E-state index contributed by atoms with van der Waals surface area (Å²) in [4.78, 5) is 2.33. The van der Waals surface area contributed by atoms with Gasteiger partial charge < -0.3 is 24.2 Å². The van der Waals surface area contributed by atoms with E-state index in [1.807, 2.05) is 43.3 Å². The van der Waals surface area contributed by atoms with Gasteiger partial charge >= 0.3 is 0 Å². The summed E-state index contributed by atoms with van der Waals surface area (Å²) in [5.41, 5.74) is 5.65. The van der Waals surface area contributed by atoms with Crippen LogP contribution in [0.25, 0.3) is 22.3 Å². The minimum Gasteiger partial charge on any atom is -0.507 e. The van der Waals surface area contributed by atoms with Crippen LogP contribution in [-0.4, -0.2) is 51.0 Å². The number of methoxy groups -OCH3 is 2. The summed E-state index contributed by atoms with van der Waals surface area (Å²) >= 11 is 0. The summed E-state index contributed by atoms with van der Waals surface area (Å²) in [6.45, 7) is 4.36. The number of rotatable bonds is 5. The highest BCUT2D eigenvalue weighted by Crippen LogP contribution is 2.48. The molecule has 1 aliphatic rings. The molecular formula is C27H31NO4. The fourth-order valence-electron chi connectivity index (χ4n) is 4.43. The Morgan fingerprint density at radius 1 is 0.844 bits per heavy atom. The van der Waals surface area contributed by atoms with E-state index in [9.17, 15) is 5.11 Å². The molecule has 0 bridgehead atoms. The van der Waals surface area contributed by atoms with Crippen LogP contribution in [0.3, 0.4) is 0 Å². The normalized spacial score (nSPS) is 13.9. The molecule has 4 rings (SSSR count). The van der Waals surface area contributed by atoms with Gasteiger partial charge in [0.05, 0.1) is 26.4 Å². The van der Waals surface area contributed by atoms with Gasteiger partial charge in [0.2, 0.25) is 0 Å². The summed E-state index contributed by atoms with van der Waals surface area (Å²) in [5, 5.41) is 11.7. The van der Waals surface area contributed by atoms with Crippen molar-refractivity contribution >= 4 is 0 Å². The van der Waals surface area contributed by atoms with E-state index < -0.39 is 0 Å². The average molecular weight is 434 g/mol. The zero-order valence-electron chi connectivity index (χ0n) is 19.3. The van der Waals surface area contributed by atoms with Crippen molar-refractivity contribution in [1.29, 1.82) is 0 Å². The molecule has 5 heteroatoms. The number of hydrogen-bond donors (Lipinski definition) is 1. The second kappa shape index (κ2) is 9.53. The third-order valence-electron chi connectivity index (χ3n) is 6.15. The summed E-state index contributed by atoms with van der Waals surface area (Å²) in [5.74, 6) is 2.38. The molecule has 0 radical (unpaired) electrons. The summed E-state index contributed by atoms with van der Waals surface area (Å²) < 4.78 is 17.1. The zero-order chi connectivity index (χ0) is 22.7. The summed E-state index contributed by atoms with van der Waals surface area (Å²) in [7, 11) is 5.45. The number of phenolic OH excluding ortho intramolecular Hbond substituents is 1. The van der Waals surface area contributed by atoms with Gasteiger partial charge in [-0.1, -0.05) is 24.3 Å². The second-order valence-electron chi connectivity index (χ2n) is 8.09. The maximum atomic E-state index is 11.7. The van der Waals surface area contributed by atoms with E-state index in [0.29, 0.717) is 23.7 Å². The second-order valence-corrected chi connectivity index (χ2v) is 8.09. The molecule has 1 N–H and O–H groups in total. The largest absolute Gasteiger partial charge is 0.507 e. The van der Waals surface area contributed by atoms with Gasteiger partial charge in [-0.3, -0.25) is 0 Å². The number of benzene rings is 3. The predicted molar refractivity (Wildman–Crippen MR) is 128 cm³/mol. The van der Waals surface area contributed by atoms with Crippen molar-refractivity contribution in [1.82, 2.24) is 4.90 Å². The molecule has 0 fully saturated rings. The highest BCUT2D eigenvalue weighted by atomic mass is 16.5. The molecule has 5 nitrogen and oxygen atoms in total. The molecule has 0 saturated carbocycles. The third-order valence-corrected chi connectivity index (χ3v) is 6.15. The molecule has 0 unspecified atom stereocenters. The van der Waals surface area contributed by atoms with Crippen molar-refractivity contribution in [2.75, 3.05) is 41.0 Å². The van der Waals surface area contributed by atoms with E-state index in [1.54, 1.807) is 14.2 Å². The number of fused-ring (bicyclic) bond motifs is 3. The predicted octanol–water partition coefficient (Wildman–Crippen LogP) is 5.17. The van der Waals surface area contributed by atoms with E-state index in [-0.39, 0.29) is 5.75 Å². The van der Waals surface area contributed by atoms with E-state index in [4.69, 9.17) is 14.2 Å². The zero-order valence-corrected chi connectivity index (χ0v) is 19.3. The van der Waals surface area contributed by atoms with Crippen LogP contribution < -0.4 is 14.2 Å². The number of hydrogen-bond acceptors (Lipinski definition) is 5. The van der Waals surface area contributed by atoms with Gasteiger partial charge in [0.15, 0.2) is 0 Å². The minimum absolute atomic E-state index is 0.243. The Bertz CT molecular complexity index is 1110. The van der Waals surface area contributed by atoms with Gasteiger partial charge in [0.1, 0.15) is 23.0 Å². The van der Waals surface area contributed by atoms with E-state index in [2.05, 4.69) is 24.1 Å². The Morgan fingerprint density at radius 3 is 2.28 bits per heavy atom. The molecule has 1 aliphatic heterocycles. The Kier molecular flexibility index (Phi) is 6.56. The van der Waals surface area contributed by atoms with Crippen LogP contribution in [-0.2, 0) is 12.8 Å². The monoisotopic (exact) mass is 433 g/mol. The van der Waals surface area contributed by atoms with Gasteiger partial charge in [0.25, 0.3) is 0 Å². The van der Waals surface area contributed by atoms with Crippen LogP contribution in [0.15, 0.2) is 48.5 Å². The molecule has 32 heavy (non-hydrogen) atoms. The summed E-state index contributed by atoms with van der Waals surface area (Å²) in [6.07, 6.45) is 1.75. The van der Waals surface area contributed by atoms with Crippen molar-refractivity contribution in [3.05, 3.63) is 59.7 Å². The van der Waals surface area contributed by atoms with Crippen molar-refractivity contribution in [2.45, 2.75) is 19.8 Å². The quantitative estimate of drug-likeness (QED) is 0.601. The molecule has 0 aromatic heterocycles. The smallest absolute Gasteiger partial charge is 0.131 e. The number of nitrogens with zero attached hydrogens (tertiary/aromatic N) is 1. The lowest BCUT2D eigenvalue weighted by Crippen LogP contribution is -2.23. The number of aromatic hydroxyl groups is 1. The van der Waals surface area contributed by atoms with Crippen LogP contribution in [0.1, 0.15) is 18.1 Å². The Labute approximate surface area is 190 Å². The van der Waals surface area contributed by atoms with Crippen LogP contribution >= 0.6 is 0 Å².